The van der Waals surface area contributed by atoms with E-state index in [0.717, 1.165) is 62.6 Å². The Hall–Kier alpha value is -2.68. The number of nitrogens with zero attached hydrogens (tertiary/aromatic N) is 3. The first-order valence-electron chi connectivity index (χ1n) is 13.4. The van der Waals surface area contributed by atoms with E-state index in [2.05, 4.69) is 10.6 Å². The molecule has 0 bridgehead atoms. The molecule has 5 rings (SSSR count). The number of thioether (sulfide) groups is 1. The van der Waals surface area contributed by atoms with E-state index in [1.165, 1.54) is 24.6 Å². The maximum Gasteiger partial charge on any atom is 0.259 e. The first-order chi connectivity index (χ1) is 17.6. The Kier molecular flexibility index (Phi) is 8.04. The molecule has 2 heterocycles. The SMILES string of the molecule is O=C(CC[C@@H]1N=C2c3ccccc3N=C(SCC(=O)NC3CCCCC3)N2C1=O)NC1CCCCC1. The molecule has 2 saturated carbocycles. The molecule has 0 radical (unpaired) electrons. The summed E-state index contributed by atoms with van der Waals surface area (Å²) in [6.07, 6.45) is 11.9. The van der Waals surface area contributed by atoms with Crippen LogP contribution < -0.4 is 10.6 Å². The first-order valence-corrected chi connectivity index (χ1v) is 14.4. The van der Waals surface area contributed by atoms with Crippen LogP contribution in [0.3, 0.4) is 0 Å². The van der Waals surface area contributed by atoms with Gasteiger partial charge in [0.1, 0.15) is 11.9 Å². The molecule has 192 valence electrons. The van der Waals surface area contributed by atoms with Crippen LogP contribution in [0.25, 0.3) is 0 Å². The molecule has 3 amide bonds. The van der Waals surface area contributed by atoms with Crippen LogP contribution in [0.2, 0.25) is 0 Å². The highest BCUT2D eigenvalue weighted by Gasteiger charge is 2.41. The number of hydrogen-bond donors (Lipinski definition) is 2. The summed E-state index contributed by atoms with van der Waals surface area (Å²) in [5.41, 5.74) is 1.54. The summed E-state index contributed by atoms with van der Waals surface area (Å²) in [5.74, 6) is 0.544. The van der Waals surface area contributed by atoms with Gasteiger partial charge in [0.05, 0.1) is 11.4 Å². The molecule has 1 aromatic carbocycles. The molecule has 0 saturated heterocycles. The topological polar surface area (TPSA) is 103 Å². The molecule has 0 unspecified atom stereocenters. The predicted molar refractivity (Wildman–Crippen MR) is 142 cm³/mol. The standard InChI is InChI=1S/C27H35N5O3S/c33-23(28-18-9-3-1-4-10-18)16-15-22-26(35)32-25(30-22)20-13-7-8-14-21(20)31-27(32)36-17-24(34)29-19-11-5-2-6-12-19/h7-8,13-14,18-19,22H,1-6,9-12,15-17H2,(H,28,33)(H,29,34)/t22-/m0/s1. The molecular formula is C27H35N5O3S. The lowest BCUT2D eigenvalue weighted by atomic mass is 9.95. The third-order valence-electron chi connectivity index (χ3n) is 7.47. The molecule has 36 heavy (non-hydrogen) atoms. The fourth-order valence-corrected chi connectivity index (χ4v) is 6.36. The number of aliphatic imine (C=N–C) groups is 2. The van der Waals surface area contributed by atoms with Gasteiger partial charge in [-0.25, -0.2) is 9.89 Å². The van der Waals surface area contributed by atoms with Crippen molar-refractivity contribution in [1.82, 2.24) is 15.5 Å². The van der Waals surface area contributed by atoms with Crippen LogP contribution in [0.4, 0.5) is 5.69 Å². The van der Waals surface area contributed by atoms with Crippen LogP contribution >= 0.6 is 11.8 Å². The maximum atomic E-state index is 13.4. The summed E-state index contributed by atoms with van der Waals surface area (Å²) in [7, 11) is 0. The molecule has 4 aliphatic rings. The fraction of sp³-hybridized carbons (Fsp3) is 0.593. The summed E-state index contributed by atoms with van der Waals surface area (Å²) >= 11 is 1.27. The predicted octanol–water partition coefficient (Wildman–Crippen LogP) is 4.06. The Morgan fingerprint density at radius 1 is 0.917 bits per heavy atom. The second kappa shape index (κ2) is 11.6. The molecule has 2 fully saturated rings. The van der Waals surface area contributed by atoms with Gasteiger partial charge in [-0.1, -0.05) is 62.4 Å². The zero-order chi connectivity index (χ0) is 24.9. The van der Waals surface area contributed by atoms with Crippen LogP contribution in [0, 0.1) is 0 Å². The van der Waals surface area contributed by atoms with E-state index >= 15 is 0 Å². The first kappa shape index (κ1) is 25.0. The van der Waals surface area contributed by atoms with E-state index in [-0.39, 0.29) is 42.0 Å². The van der Waals surface area contributed by atoms with Crippen molar-refractivity contribution in [1.29, 1.82) is 0 Å². The minimum absolute atomic E-state index is 0.0113. The minimum Gasteiger partial charge on any atom is -0.353 e. The summed E-state index contributed by atoms with van der Waals surface area (Å²) in [6.45, 7) is 0. The van der Waals surface area contributed by atoms with Gasteiger partial charge in [-0.05, 0) is 44.2 Å². The molecule has 1 aromatic rings. The van der Waals surface area contributed by atoms with Crippen LogP contribution in [0.1, 0.15) is 82.6 Å². The fourth-order valence-electron chi connectivity index (χ4n) is 5.55. The number of fused-ring (bicyclic) bond motifs is 3. The van der Waals surface area contributed by atoms with E-state index in [9.17, 15) is 14.4 Å². The number of hydrogen-bond acceptors (Lipinski definition) is 6. The summed E-state index contributed by atoms with van der Waals surface area (Å²) < 4.78 is 0. The second-order valence-electron chi connectivity index (χ2n) is 10.2. The van der Waals surface area contributed by atoms with Crippen molar-refractivity contribution in [2.45, 2.75) is 95.2 Å². The van der Waals surface area contributed by atoms with Gasteiger partial charge in [0.25, 0.3) is 5.91 Å². The number of benzene rings is 1. The zero-order valence-electron chi connectivity index (χ0n) is 20.7. The van der Waals surface area contributed by atoms with E-state index in [4.69, 9.17) is 9.98 Å². The largest absolute Gasteiger partial charge is 0.353 e. The van der Waals surface area contributed by atoms with Crippen molar-refractivity contribution >= 4 is 46.2 Å². The number of amidine groups is 2. The van der Waals surface area contributed by atoms with Crippen LogP contribution in [-0.2, 0) is 14.4 Å². The van der Waals surface area contributed by atoms with E-state index in [1.54, 1.807) is 4.90 Å². The summed E-state index contributed by atoms with van der Waals surface area (Å²) in [4.78, 5) is 49.6. The number of nitrogens with one attached hydrogen (secondary N) is 2. The summed E-state index contributed by atoms with van der Waals surface area (Å²) in [6, 6.07) is 7.49. The van der Waals surface area contributed by atoms with Gasteiger partial charge in [0.2, 0.25) is 11.8 Å². The Labute approximate surface area is 216 Å². The molecule has 9 heteroatoms. The Morgan fingerprint density at radius 2 is 1.56 bits per heavy atom. The molecule has 2 aliphatic heterocycles. The number of amides is 3. The molecule has 0 aromatic heterocycles. The van der Waals surface area contributed by atoms with E-state index in [1.807, 2.05) is 24.3 Å². The van der Waals surface area contributed by atoms with Crippen molar-refractivity contribution in [3.8, 4) is 0 Å². The van der Waals surface area contributed by atoms with Gasteiger partial charge in [0, 0.05) is 24.1 Å². The lowest BCUT2D eigenvalue weighted by Crippen LogP contribution is -2.42. The van der Waals surface area contributed by atoms with E-state index in [0.29, 0.717) is 17.4 Å². The van der Waals surface area contributed by atoms with Crippen molar-refractivity contribution in [2.75, 3.05) is 5.75 Å². The number of carbonyl (C=O) groups is 3. The molecule has 1 atom stereocenters. The lowest BCUT2D eigenvalue weighted by Gasteiger charge is -2.26. The van der Waals surface area contributed by atoms with Crippen molar-refractivity contribution in [2.24, 2.45) is 9.98 Å². The van der Waals surface area contributed by atoms with Crippen LogP contribution in [0.5, 0.6) is 0 Å². The highest BCUT2D eigenvalue weighted by Crippen LogP contribution is 2.34. The molecule has 2 N–H and O–H groups in total. The Bertz CT molecular complexity index is 1060. The third-order valence-corrected chi connectivity index (χ3v) is 8.40. The van der Waals surface area contributed by atoms with Gasteiger partial charge in [0.15, 0.2) is 5.17 Å². The van der Waals surface area contributed by atoms with Gasteiger partial charge < -0.3 is 10.6 Å². The second-order valence-corrected chi connectivity index (χ2v) is 11.1. The summed E-state index contributed by atoms with van der Waals surface area (Å²) in [5, 5.41) is 6.73. The van der Waals surface area contributed by atoms with Crippen LogP contribution in [0.15, 0.2) is 34.3 Å². The smallest absolute Gasteiger partial charge is 0.259 e. The number of carbonyl (C=O) groups excluding carboxylic acids is 3. The van der Waals surface area contributed by atoms with Gasteiger partial charge in [-0.15, -0.1) is 0 Å². The van der Waals surface area contributed by atoms with Crippen molar-refractivity contribution < 1.29 is 14.4 Å². The normalized spacial score (nSPS) is 22.4. The minimum atomic E-state index is -0.620. The molecule has 8 nitrogen and oxygen atoms in total. The monoisotopic (exact) mass is 509 g/mol. The molecule has 2 aliphatic carbocycles. The average Bonchev–Trinajstić information content (AvgIpc) is 3.24. The van der Waals surface area contributed by atoms with E-state index < -0.39 is 6.04 Å². The zero-order valence-corrected chi connectivity index (χ0v) is 21.5. The Balaban J connectivity index is 1.23. The van der Waals surface area contributed by atoms with Crippen molar-refractivity contribution in [3.05, 3.63) is 29.8 Å². The highest BCUT2D eigenvalue weighted by molar-refractivity contribution is 8.14. The molecular weight excluding hydrogens is 474 g/mol. The maximum absolute atomic E-state index is 13.4. The van der Waals surface area contributed by atoms with Crippen molar-refractivity contribution in [3.63, 3.8) is 0 Å². The Morgan fingerprint density at radius 3 is 2.25 bits per heavy atom. The van der Waals surface area contributed by atoms with Crippen LogP contribution in [-0.4, -0.2) is 57.5 Å². The lowest BCUT2D eigenvalue weighted by molar-refractivity contribution is -0.125. The van der Waals surface area contributed by atoms with Gasteiger partial charge in [-0.3, -0.25) is 19.4 Å². The number of para-hydroxylation sites is 1. The third kappa shape index (κ3) is 5.82. The quantitative estimate of drug-likeness (QED) is 0.579. The van der Waals surface area contributed by atoms with Gasteiger partial charge >= 0.3 is 0 Å². The highest BCUT2D eigenvalue weighted by atomic mass is 32.2. The number of rotatable bonds is 7. The van der Waals surface area contributed by atoms with Gasteiger partial charge in [-0.2, -0.15) is 0 Å². The molecule has 0 spiro atoms. The average molecular weight is 510 g/mol.